The van der Waals surface area contributed by atoms with Crippen LogP contribution < -0.4 is 15.4 Å². The third kappa shape index (κ3) is 4.75. The van der Waals surface area contributed by atoms with Crippen LogP contribution in [0.2, 0.25) is 0 Å². The fraction of sp³-hybridized carbons (Fsp3) is 0.286. The number of carbonyl (C=O) groups excluding carboxylic acids is 1. The minimum Gasteiger partial charge on any atom is -0.489 e. The third-order valence-electron chi connectivity index (χ3n) is 4.61. The molecule has 1 fully saturated rings. The van der Waals surface area contributed by atoms with Gasteiger partial charge in [-0.1, -0.05) is 47.6 Å². The number of ether oxygens (including phenoxy) is 1. The highest BCUT2D eigenvalue weighted by Crippen LogP contribution is 2.41. The van der Waals surface area contributed by atoms with Crippen LogP contribution in [0.4, 0.5) is 6.01 Å². The van der Waals surface area contributed by atoms with Crippen LogP contribution in [-0.2, 0) is 17.9 Å². The highest BCUT2D eigenvalue weighted by atomic mass is 16.5. The minimum atomic E-state index is -0.235. The molecule has 1 aromatic heterocycles. The van der Waals surface area contributed by atoms with E-state index in [2.05, 4.69) is 45.1 Å². The van der Waals surface area contributed by atoms with Crippen LogP contribution in [0, 0.1) is 0 Å². The van der Waals surface area contributed by atoms with E-state index in [1.807, 2.05) is 30.3 Å². The van der Waals surface area contributed by atoms with E-state index >= 15 is 0 Å². The Balaban J connectivity index is 1.23. The molecule has 0 unspecified atom stereocenters. The van der Waals surface area contributed by atoms with Crippen LogP contribution >= 0.6 is 0 Å². The second kappa shape index (κ2) is 8.22. The molecule has 1 saturated carbocycles. The summed E-state index contributed by atoms with van der Waals surface area (Å²) >= 11 is 0. The predicted molar refractivity (Wildman–Crippen MR) is 104 cm³/mol. The lowest BCUT2D eigenvalue weighted by Crippen LogP contribution is -2.17. The molecular weight excluding hydrogens is 356 g/mol. The Morgan fingerprint density at radius 2 is 1.93 bits per heavy atom. The number of benzene rings is 2. The standard InChI is InChI=1S/C21H22N4O3/c1-14(26)23-21-25-24-20(28-21)12-22-19-11-18(19)16-7-9-17(10-8-16)27-13-15-5-3-2-4-6-15/h2-10,18-19,22H,11-13H2,1H3,(H,23,25,26)/t18-,19+/m0/s1. The molecule has 2 atom stereocenters. The number of nitrogens with one attached hydrogen (secondary N) is 2. The summed E-state index contributed by atoms with van der Waals surface area (Å²) in [5, 5.41) is 13.6. The zero-order valence-electron chi connectivity index (χ0n) is 15.6. The van der Waals surface area contributed by atoms with Crippen molar-refractivity contribution in [1.29, 1.82) is 0 Å². The summed E-state index contributed by atoms with van der Waals surface area (Å²) in [6.07, 6.45) is 1.07. The maximum absolute atomic E-state index is 11.0. The Morgan fingerprint density at radius 3 is 2.68 bits per heavy atom. The molecule has 1 aliphatic rings. The van der Waals surface area contributed by atoms with Crippen molar-refractivity contribution < 1.29 is 13.9 Å². The Morgan fingerprint density at radius 1 is 1.14 bits per heavy atom. The Bertz CT molecular complexity index is 924. The van der Waals surface area contributed by atoms with Crippen LogP contribution in [0.1, 0.15) is 36.3 Å². The van der Waals surface area contributed by atoms with Crippen LogP contribution in [0.25, 0.3) is 0 Å². The van der Waals surface area contributed by atoms with Gasteiger partial charge in [-0.25, -0.2) is 0 Å². The van der Waals surface area contributed by atoms with Gasteiger partial charge in [0.1, 0.15) is 12.4 Å². The van der Waals surface area contributed by atoms with E-state index in [0.29, 0.717) is 31.0 Å². The van der Waals surface area contributed by atoms with Gasteiger partial charge in [-0.05, 0) is 29.7 Å². The third-order valence-corrected chi connectivity index (χ3v) is 4.61. The topological polar surface area (TPSA) is 89.3 Å². The molecule has 0 bridgehead atoms. The van der Waals surface area contributed by atoms with Gasteiger partial charge in [-0.2, -0.15) is 0 Å². The van der Waals surface area contributed by atoms with Crippen molar-refractivity contribution in [2.45, 2.75) is 38.5 Å². The lowest BCUT2D eigenvalue weighted by Gasteiger charge is -2.07. The number of hydrogen-bond donors (Lipinski definition) is 2. The molecule has 2 N–H and O–H groups in total. The number of aromatic nitrogens is 2. The average Bonchev–Trinajstić information content (AvgIpc) is 3.36. The van der Waals surface area contributed by atoms with E-state index in [1.165, 1.54) is 12.5 Å². The summed E-state index contributed by atoms with van der Waals surface area (Å²) in [4.78, 5) is 11.0. The van der Waals surface area contributed by atoms with Crippen LogP contribution in [0.15, 0.2) is 59.0 Å². The highest BCUT2D eigenvalue weighted by molar-refractivity contribution is 5.86. The molecule has 3 aromatic rings. The molecule has 7 nitrogen and oxygen atoms in total. The van der Waals surface area contributed by atoms with Gasteiger partial charge in [0.15, 0.2) is 0 Å². The number of carbonyl (C=O) groups is 1. The summed E-state index contributed by atoms with van der Waals surface area (Å²) < 4.78 is 11.2. The first kappa shape index (κ1) is 18.2. The first-order valence-electron chi connectivity index (χ1n) is 9.27. The molecule has 0 radical (unpaired) electrons. The first-order chi connectivity index (χ1) is 13.7. The van der Waals surface area contributed by atoms with Crippen molar-refractivity contribution in [1.82, 2.24) is 15.5 Å². The summed E-state index contributed by atoms with van der Waals surface area (Å²) in [6, 6.07) is 18.9. The second-order valence-corrected chi connectivity index (χ2v) is 6.86. The van der Waals surface area contributed by atoms with Crippen molar-refractivity contribution in [3.05, 3.63) is 71.6 Å². The van der Waals surface area contributed by atoms with Gasteiger partial charge in [-0.3, -0.25) is 10.1 Å². The van der Waals surface area contributed by atoms with Gasteiger partial charge in [0, 0.05) is 18.9 Å². The monoisotopic (exact) mass is 378 g/mol. The van der Waals surface area contributed by atoms with Gasteiger partial charge in [0.2, 0.25) is 11.8 Å². The number of anilines is 1. The molecule has 28 heavy (non-hydrogen) atoms. The Hall–Kier alpha value is -3.19. The largest absolute Gasteiger partial charge is 0.489 e. The maximum Gasteiger partial charge on any atom is 0.322 e. The fourth-order valence-corrected chi connectivity index (χ4v) is 3.09. The number of hydrogen-bond acceptors (Lipinski definition) is 6. The molecule has 1 aliphatic carbocycles. The first-order valence-corrected chi connectivity index (χ1v) is 9.27. The van der Waals surface area contributed by atoms with Crippen LogP contribution in [0.3, 0.4) is 0 Å². The molecule has 1 heterocycles. The normalized spacial score (nSPS) is 17.9. The smallest absolute Gasteiger partial charge is 0.322 e. The second-order valence-electron chi connectivity index (χ2n) is 6.86. The molecule has 0 aliphatic heterocycles. The summed E-state index contributed by atoms with van der Waals surface area (Å²) in [6.45, 7) is 2.44. The maximum atomic E-state index is 11.0. The molecule has 7 heteroatoms. The van der Waals surface area contributed by atoms with Gasteiger partial charge in [-0.15, -0.1) is 5.10 Å². The van der Waals surface area contributed by atoms with Crippen molar-refractivity contribution in [3.8, 4) is 5.75 Å². The lowest BCUT2D eigenvalue weighted by atomic mass is 10.1. The Kier molecular flexibility index (Phi) is 5.34. The van der Waals surface area contributed by atoms with E-state index in [0.717, 1.165) is 17.7 Å². The molecule has 0 spiro atoms. The van der Waals surface area contributed by atoms with Crippen molar-refractivity contribution in [2.75, 3.05) is 5.32 Å². The predicted octanol–water partition coefficient (Wildman–Crippen LogP) is 3.25. The van der Waals surface area contributed by atoms with Gasteiger partial charge in [0.25, 0.3) is 0 Å². The van der Waals surface area contributed by atoms with Gasteiger partial charge >= 0.3 is 6.01 Å². The van der Waals surface area contributed by atoms with E-state index in [1.54, 1.807) is 0 Å². The number of amides is 1. The number of nitrogens with zero attached hydrogens (tertiary/aromatic N) is 2. The summed E-state index contributed by atoms with van der Waals surface area (Å²) in [7, 11) is 0. The summed E-state index contributed by atoms with van der Waals surface area (Å²) in [5.41, 5.74) is 2.44. The highest BCUT2D eigenvalue weighted by Gasteiger charge is 2.38. The minimum absolute atomic E-state index is 0.128. The van der Waals surface area contributed by atoms with Crippen molar-refractivity contribution in [2.24, 2.45) is 0 Å². The number of rotatable bonds is 8. The van der Waals surface area contributed by atoms with Gasteiger partial charge < -0.3 is 14.5 Å². The van der Waals surface area contributed by atoms with Crippen LogP contribution in [0.5, 0.6) is 5.75 Å². The molecule has 0 saturated heterocycles. The molecule has 4 rings (SSSR count). The SMILES string of the molecule is CC(=O)Nc1nnc(CN[C@@H]2C[C@H]2c2ccc(OCc3ccccc3)cc2)o1. The zero-order valence-corrected chi connectivity index (χ0v) is 15.6. The van der Waals surface area contributed by atoms with Crippen LogP contribution in [-0.4, -0.2) is 22.1 Å². The average molecular weight is 378 g/mol. The molecular formula is C21H22N4O3. The lowest BCUT2D eigenvalue weighted by molar-refractivity contribution is -0.114. The molecule has 1 amide bonds. The molecule has 2 aromatic carbocycles. The van der Waals surface area contributed by atoms with E-state index in [9.17, 15) is 4.79 Å². The van der Waals surface area contributed by atoms with Crippen molar-refractivity contribution in [3.63, 3.8) is 0 Å². The van der Waals surface area contributed by atoms with E-state index in [-0.39, 0.29) is 11.9 Å². The Labute approximate surface area is 163 Å². The molecule has 144 valence electrons. The van der Waals surface area contributed by atoms with E-state index in [4.69, 9.17) is 9.15 Å². The summed E-state index contributed by atoms with van der Waals surface area (Å²) in [5.74, 6) is 1.57. The van der Waals surface area contributed by atoms with E-state index < -0.39 is 0 Å². The zero-order chi connectivity index (χ0) is 19.3. The van der Waals surface area contributed by atoms with Gasteiger partial charge in [0.05, 0.1) is 6.54 Å². The fourth-order valence-electron chi connectivity index (χ4n) is 3.09. The quantitative estimate of drug-likeness (QED) is 0.625. The van der Waals surface area contributed by atoms with Crippen molar-refractivity contribution >= 4 is 11.9 Å².